The van der Waals surface area contributed by atoms with Crippen LogP contribution in [-0.2, 0) is 19.3 Å². The van der Waals surface area contributed by atoms with Gasteiger partial charge in [-0.25, -0.2) is 0 Å². The van der Waals surface area contributed by atoms with Crippen LogP contribution in [0.25, 0.3) is 0 Å². The molecular weight excluding hydrogens is 160 g/mol. The molecule has 0 aliphatic carbocycles. The lowest BCUT2D eigenvalue weighted by Crippen LogP contribution is -1.94. The average molecular weight is 178 g/mol. The van der Waals surface area contributed by atoms with E-state index < -0.39 is 0 Å². The standard InChI is InChI=1S/C12H18O/c1-4-9-7-10(5-2)11(6-3)12(13)8-9/h7-8,13H,4-6H2,1-3H3. The molecule has 1 aromatic rings. The van der Waals surface area contributed by atoms with Crippen molar-refractivity contribution in [2.75, 3.05) is 0 Å². The monoisotopic (exact) mass is 178 g/mol. The van der Waals surface area contributed by atoms with Crippen molar-refractivity contribution in [3.05, 3.63) is 28.8 Å². The van der Waals surface area contributed by atoms with Gasteiger partial charge in [-0.05, 0) is 42.0 Å². The summed E-state index contributed by atoms with van der Waals surface area (Å²) in [5.74, 6) is 0.471. The predicted molar refractivity (Wildman–Crippen MR) is 56.2 cm³/mol. The number of phenols is 1. The minimum atomic E-state index is 0.471. The van der Waals surface area contributed by atoms with Gasteiger partial charge in [-0.3, -0.25) is 0 Å². The van der Waals surface area contributed by atoms with Gasteiger partial charge < -0.3 is 5.11 Å². The zero-order chi connectivity index (χ0) is 9.84. The molecule has 0 saturated carbocycles. The van der Waals surface area contributed by atoms with Gasteiger partial charge in [0, 0.05) is 0 Å². The molecule has 0 radical (unpaired) electrons. The molecule has 1 nitrogen and oxygen atoms in total. The largest absolute Gasteiger partial charge is 0.508 e. The molecular formula is C12H18O. The first-order valence-corrected chi connectivity index (χ1v) is 5.06. The Morgan fingerprint density at radius 2 is 1.69 bits per heavy atom. The number of benzene rings is 1. The summed E-state index contributed by atoms with van der Waals surface area (Å²) in [6, 6.07) is 4.09. The van der Waals surface area contributed by atoms with E-state index in [1.165, 1.54) is 11.1 Å². The van der Waals surface area contributed by atoms with E-state index in [0.29, 0.717) is 5.75 Å². The molecule has 1 N–H and O–H groups in total. The molecule has 0 aliphatic rings. The van der Waals surface area contributed by atoms with Gasteiger partial charge in [0.1, 0.15) is 5.75 Å². The lowest BCUT2D eigenvalue weighted by atomic mass is 9.98. The van der Waals surface area contributed by atoms with Gasteiger partial charge in [0.15, 0.2) is 0 Å². The second kappa shape index (κ2) is 4.31. The van der Waals surface area contributed by atoms with Crippen molar-refractivity contribution >= 4 is 0 Å². The third kappa shape index (κ3) is 2.03. The number of aromatic hydroxyl groups is 1. The number of phenolic OH excluding ortho intramolecular Hbond substituents is 1. The molecule has 1 rings (SSSR count). The van der Waals surface area contributed by atoms with Crippen LogP contribution in [0.3, 0.4) is 0 Å². The van der Waals surface area contributed by atoms with E-state index >= 15 is 0 Å². The molecule has 0 unspecified atom stereocenters. The van der Waals surface area contributed by atoms with Crippen LogP contribution in [0.4, 0.5) is 0 Å². The van der Waals surface area contributed by atoms with Crippen molar-refractivity contribution in [1.82, 2.24) is 0 Å². The third-order valence-corrected chi connectivity index (χ3v) is 2.52. The Labute approximate surface area is 80.4 Å². The first-order valence-electron chi connectivity index (χ1n) is 5.06. The van der Waals surface area contributed by atoms with Gasteiger partial charge in [-0.1, -0.05) is 26.8 Å². The van der Waals surface area contributed by atoms with Gasteiger partial charge in [0.2, 0.25) is 0 Å². The normalized spacial score (nSPS) is 10.4. The van der Waals surface area contributed by atoms with Crippen molar-refractivity contribution in [3.8, 4) is 5.75 Å². The first-order chi connectivity index (χ1) is 6.22. The van der Waals surface area contributed by atoms with E-state index in [1.54, 1.807) is 0 Å². The molecule has 0 saturated heterocycles. The average Bonchev–Trinajstić information content (AvgIpc) is 2.16. The van der Waals surface area contributed by atoms with Gasteiger partial charge in [0.25, 0.3) is 0 Å². The molecule has 0 fully saturated rings. The van der Waals surface area contributed by atoms with Crippen molar-refractivity contribution in [1.29, 1.82) is 0 Å². The second-order valence-electron chi connectivity index (χ2n) is 3.31. The summed E-state index contributed by atoms with van der Waals surface area (Å²) < 4.78 is 0. The number of hydrogen-bond donors (Lipinski definition) is 1. The maximum atomic E-state index is 9.73. The molecule has 0 aromatic heterocycles. The minimum Gasteiger partial charge on any atom is -0.508 e. The molecule has 0 atom stereocenters. The fourth-order valence-electron chi connectivity index (χ4n) is 1.71. The SMILES string of the molecule is CCc1cc(O)c(CC)c(CC)c1. The second-order valence-corrected chi connectivity index (χ2v) is 3.31. The summed E-state index contributed by atoms with van der Waals surface area (Å²) in [5, 5.41) is 9.73. The summed E-state index contributed by atoms with van der Waals surface area (Å²) in [6.45, 7) is 6.33. The maximum Gasteiger partial charge on any atom is 0.119 e. The summed E-state index contributed by atoms with van der Waals surface area (Å²) >= 11 is 0. The quantitative estimate of drug-likeness (QED) is 0.754. The Balaban J connectivity index is 3.20. The van der Waals surface area contributed by atoms with E-state index in [1.807, 2.05) is 6.07 Å². The zero-order valence-corrected chi connectivity index (χ0v) is 8.72. The molecule has 1 heteroatoms. The Morgan fingerprint density at radius 3 is 2.15 bits per heavy atom. The van der Waals surface area contributed by atoms with Crippen molar-refractivity contribution < 1.29 is 5.11 Å². The Bertz CT molecular complexity index is 289. The van der Waals surface area contributed by atoms with E-state index in [0.717, 1.165) is 24.8 Å². The number of rotatable bonds is 3. The van der Waals surface area contributed by atoms with Gasteiger partial charge >= 0.3 is 0 Å². The van der Waals surface area contributed by atoms with Crippen molar-refractivity contribution in [3.63, 3.8) is 0 Å². The van der Waals surface area contributed by atoms with E-state index in [9.17, 15) is 5.11 Å². The van der Waals surface area contributed by atoms with Gasteiger partial charge in [-0.2, -0.15) is 0 Å². The van der Waals surface area contributed by atoms with Crippen LogP contribution < -0.4 is 0 Å². The maximum absolute atomic E-state index is 9.73. The summed E-state index contributed by atoms with van der Waals surface area (Å²) in [6.07, 6.45) is 2.91. The molecule has 0 heterocycles. The highest BCUT2D eigenvalue weighted by Crippen LogP contribution is 2.24. The Hall–Kier alpha value is -0.980. The van der Waals surface area contributed by atoms with E-state index in [-0.39, 0.29) is 0 Å². The van der Waals surface area contributed by atoms with Crippen molar-refractivity contribution in [2.45, 2.75) is 40.0 Å². The number of aryl methyl sites for hydroxylation is 2. The lowest BCUT2D eigenvalue weighted by Gasteiger charge is -2.10. The van der Waals surface area contributed by atoms with Gasteiger partial charge in [-0.15, -0.1) is 0 Å². The van der Waals surface area contributed by atoms with Crippen LogP contribution in [0.1, 0.15) is 37.5 Å². The smallest absolute Gasteiger partial charge is 0.119 e. The molecule has 1 aromatic carbocycles. The minimum absolute atomic E-state index is 0.471. The molecule has 72 valence electrons. The van der Waals surface area contributed by atoms with Crippen LogP contribution in [-0.4, -0.2) is 5.11 Å². The molecule has 13 heavy (non-hydrogen) atoms. The highest BCUT2D eigenvalue weighted by molar-refractivity contribution is 5.43. The zero-order valence-electron chi connectivity index (χ0n) is 8.72. The van der Waals surface area contributed by atoms with Crippen LogP contribution in [0, 0.1) is 0 Å². The van der Waals surface area contributed by atoms with Crippen LogP contribution in [0.2, 0.25) is 0 Å². The Kier molecular flexibility index (Phi) is 3.35. The predicted octanol–water partition coefficient (Wildman–Crippen LogP) is 3.08. The lowest BCUT2D eigenvalue weighted by molar-refractivity contribution is 0.467. The van der Waals surface area contributed by atoms with Crippen LogP contribution in [0.15, 0.2) is 12.1 Å². The number of hydrogen-bond acceptors (Lipinski definition) is 1. The van der Waals surface area contributed by atoms with Crippen molar-refractivity contribution in [2.24, 2.45) is 0 Å². The fraction of sp³-hybridized carbons (Fsp3) is 0.500. The van der Waals surface area contributed by atoms with Crippen LogP contribution in [0.5, 0.6) is 5.75 Å². The van der Waals surface area contributed by atoms with E-state index in [4.69, 9.17) is 0 Å². The van der Waals surface area contributed by atoms with Gasteiger partial charge in [0.05, 0.1) is 0 Å². The summed E-state index contributed by atoms with van der Waals surface area (Å²) in [5.41, 5.74) is 3.63. The molecule has 0 spiro atoms. The third-order valence-electron chi connectivity index (χ3n) is 2.52. The Morgan fingerprint density at radius 1 is 1.00 bits per heavy atom. The van der Waals surface area contributed by atoms with Crippen LogP contribution >= 0.6 is 0 Å². The summed E-state index contributed by atoms with van der Waals surface area (Å²) in [7, 11) is 0. The summed E-state index contributed by atoms with van der Waals surface area (Å²) in [4.78, 5) is 0. The fourth-order valence-corrected chi connectivity index (χ4v) is 1.71. The first kappa shape index (κ1) is 10.1. The highest BCUT2D eigenvalue weighted by Gasteiger charge is 2.06. The molecule has 0 aliphatic heterocycles. The molecule has 0 bridgehead atoms. The highest BCUT2D eigenvalue weighted by atomic mass is 16.3. The van der Waals surface area contributed by atoms with E-state index in [2.05, 4.69) is 26.8 Å². The topological polar surface area (TPSA) is 20.2 Å². The molecule has 0 amide bonds.